The number of sulfonamides is 1. The summed E-state index contributed by atoms with van der Waals surface area (Å²) >= 11 is 0. The SMILES string of the molecule is CCn1cc(S(=O)(=O)N2CCC(N(C)C)C2)cc1CNC. The Hall–Kier alpha value is -0.890. The van der Waals surface area contributed by atoms with Crippen LogP contribution in [0.4, 0.5) is 0 Å². The minimum Gasteiger partial charge on any atom is -0.349 e. The molecule has 1 fully saturated rings. The molecular formula is C14H26N4O2S. The maximum atomic E-state index is 12.8. The largest absolute Gasteiger partial charge is 0.349 e. The van der Waals surface area contributed by atoms with Crippen LogP contribution < -0.4 is 5.32 Å². The van der Waals surface area contributed by atoms with Crippen LogP contribution in [0.5, 0.6) is 0 Å². The van der Waals surface area contributed by atoms with Crippen molar-refractivity contribution < 1.29 is 8.42 Å². The van der Waals surface area contributed by atoms with Crippen molar-refractivity contribution in [2.75, 3.05) is 34.2 Å². The van der Waals surface area contributed by atoms with Crippen molar-refractivity contribution in [1.82, 2.24) is 19.1 Å². The zero-order chi connectivity index (χ0) is 15.6. The second-order valence-corrected chi connectivity index (χ2v) is 7.69. The third kappa shape index (κ3) is 3.31. The van der Waals surface area contributed by atoms with Gasteiger partial charge in [-0.05, 0) is 40.6 Å². The first-order chi connectivity index (χ1) is 9.90. The Bertz CT molecular complexity index is 580. The van der Waals surface area contributed by atoms with Gasteiger partial charge in [-0.2, -0.15) is 4.31 Å². The summed E-state index contributed by atoms with van der Waals surface area (Å²) in [5, 5.41) is 3.08. The third-order valence-corrected chi connectivity index (χ3v) is 5.98. The Morgan fingerprint density at radius 3 is 2.67 bits per heavy atom. The van der Waals surface area contributed by atoms with E-state index >= 15 is 0 Å². The number of aryl methyl sites for hydroxylation is 1. The molecule has 0 aromatic carbocycles. The van der Waals surface area contributed by atoms with E-state index in [1.54, 1.807) is 16.6 Å². The van der Waals surface area contributed by atoms with E-state index in [2.05, 4.69) is 10.2 Å². The average Bonchev–Trinajstić information content (AvgIpc) is 3.06. The zero-order valence-electron chi connectivity index (χ0n) is 13.3. The van der Waals surface area contributed by atoms with Crippen LogP contribution in [0.2, 0.25) is 0 Å². The molecule has 1 N–H and O–H groups in total. The Morgan fingerprint density at radius 2 is 2.14 bits per heavy atom. The number of nitrogens with one attached hydrogen (secondary N) is 1. The highest BCUT2D eigenvalue weighted by Gasteiger charge is 2.34. The van der Waals surface area contributed by atoms with Gasteiger partial charge in [0.15, 0.2) is 0 Å². The molecule has 1 aromatic heterocycles. The van der Waals surface area contributed by atoms with E-state index in [1.807, 2.05) is 32.6 Å². The van der Waals surface area contributed by atoms with Crippen molar-refractivity contribution in [3.05, 3.63) is 18.0 Å². The molecule has 0 saturated carbocycles. The number of hydrogen-bond acceptors (Lipinski definition) is 4. The lowest BCUT2D eigenvalue weighted by Gasteiger charge is -2.19. The van der Waals surface area contributed by atoms with Crippen LogP contribution in [0.25, 0.3) is 0 Å². The Labute approximate surface area is 127 Å². The monoisotopic (exact) mass is 314 g/mol. The van der Waals surface area contributed by atoms with Crippen molar-refractivity contribution in [1.29, 1.82) is 0 Å². The van der Waals surface area contributed by atoms with Gasteiger partial charge in [0.1, 0.15) is 4.90 Å². The molecule has 0 radical (unpaired) electrons. The fourth-order valence-corrected chi connectivity index (χ4v) is 4.35. The van der Waals surface area contributed by atoms with Crippen molar-refractivity contribution in [2.45, 2.75) is 37.4 Å². The van der Waals surface area contributed by atoms with Gasteiger partial charge < -0.3 is 14.8 Å². The lowest BCUT2D eigenvalue weighted by molar-refractivity contribution is 0.302. The van der Waals surface area contributed by atoms with Gasteiger partial charge in [-0.1, -0.05) is 0 Å². The predicted molar refractivity (Wildman–Crippen MR) is 83.7 cm³/mol. The minimum absolute atomic E-state index is 0.310. The molecule has 1 aliphatic heterocycles. The molecule has 0 aliphatic carbocycles. The first-order valence-electron chi connectivity index (χ1n) is 7.40. The van der Waals surface area contributed by atoms with Crippen molar-refractivity contribution in [3.63, 3.8) is 0 Å². The molecule has 1 unspecified atom stereocenters. The van der Waals surface area contributed by atoms with Crippen LogP contribution in [-0.4, -0.2) is 62.5 Å². The first-order valence-corrected chi connectivity index (χ1v) is 8.84. The smallest absolute Gasteiger partial charge is 0.244 e. The van der Waals surface area contributed by atoms with Crippen LogP contribution in [0.1, 0.15) is 19.0 Å². The maximum absolute atomic E-state index is 12.8. The van der Waals surface area contributed by atoms with E-state index in [0.29, 0.717) is 30.6 Å². The normalized spacial score (nSPS) is 20.5. The van der Waals surface area contributed by atoms with Gasteiger partial charge in [0, 0.05) is 44.1 Å². The summed E-state index contributed by atoms with van der Waals surface area (Å²) in [7, 11) is 2.49. The molecule has 21 heavy (non-hydrogen) atoms. The van der Waals surface area contributed by atoms with Crippen LogP contribution in [0, 0.1) is 0 Å². The molecule has 0 bridgehead atoms. The molecule has 6 nitrogen and oxygen atoms in total. The number of rotatable bonds is 6. The molecule has 2 heterocycles. The molecule has 0 spiro atoms. The van der Waals surface area contributed by atoms with Crippen molar-refractivity contribution in [2.24, 2.45) is 0 Å². The summed E-state index contributed by atoms with van der Waals surface area (Å²) in [6, 6.07) is 2.10. The highest BCUT2D eigenvalue weighted by atomic mass is 32.2. The van der Waals surface area contributed by atoms with Crippen LogP contribution in [-0.2, 0) is 23.1 Å². The Kier molecular flexibility index (Phi) is 5.08. The molecule has 1 aliphatic rings. The summed E-state index contributed by atoms with van der Waals surface area (Å²) in [5.74, 6) is 0. The fraction of sp³-hybridized carbons (Fsp3) is 0.714. The molecule has 1 atom stereocenters. The highest BCUT2D eigenvalue weighted by molar-refractivity contribution is 7.89. The summed E-state index contributed by atoms with van der Waals surface area (Å²) < 4.78 is 29.1. The van der Waals surface area contributed by atoms with Gasteiger partial charge in [-0.15, -0.1) is 0 Å². The summed E-state index contributed by atoms with van der Waals surface area (Å²) in [6.07, 6.45) is 2.65. The second-order valence-electron chi connectivity index (χ2n) is 5.75. The predicted octanol–water partition coefficient (Wildman–Crippen LogP) is 0.552. The van der Waals surface area contributed by atoms with E-state index in [9.17, 15) is 8.42 Å². The molecule has 120 valence electrons. The Morgan fingerprint density at radius 1 is 1.43 bits per heavy atom. The van der Waals surface area contributed by atoms with E-state index in [4.69, 9.17) is 0 Å². The van der Waals surface area contributed by atoms with Crippen molar-refractivity contribution >= 4 is 10.0 Å². The highest BCUT2D eigenvalue weighted by Crippen LogP contribution is 2.24. The van der Waals surface area contributed by atoms with Crippen LogP contribution in [0.15, 0.2) is 17.2 Å². The number of aromatic nitrogens is 1. The fourth-order valence-electron chi connectivity index (χ4n) is 2.79. The molecule has 1 saturated heterocycles. The summed E-state index contributed by atoms with van der Waals surface area (Å²) in [4.78, 5) is 2.51. The van der Waals surface area contributed by atoms with Gasteiger partial charge in [0.2, 0.25) is 10.0 Å². The van der Waals surface area contributed by atoms with Crippen LogP contribution >= 0.6 is 0 Å². The summed E-state index contributed by atoms with van der Waals surface area (Å²) in [5.41, 5.74) is 1.00. The van der Waals surface area contributed by atoms with E-state index in [0.717, 1.165) is 18.7 Å². The standard InChI is InChI=1S/C14H26N4O2S/c1-5-17-11-14(8-13(17)9-15-2)21(19,20)18-7-6-12(10-18)16(3)4/h8,11-12,15H,5-7,9-10H2,1-4H3. The summed E-state index contributed by atoms with van der Waals surface area (Å²) in [6.45, 7) is 4.64. The maximum Gasteiger partial charge on any atom is 0.244 e. The third-order valence-electron chi connectivity index (χ3n) is 4.15. The zero-order valence-corrected chi connectivity index (χ0v) is 14.2. The van der Waals surface area contributed by atoms with E-state index < -0.39 is 10.0 Å². The van der Waals surface area contributed by atoms with Crippen molar-refractivity contribution in [3.8, 4) is 0 Å². The van der Waals surface area contributed by atoms with Gasteiger partial charge in [0.25, 0.3) is 0 Å². The molecule has 1 aromatic rings. The number of nitrogens with zero attached hydrogens (tertiary/aromatic N) is 3. The van der Waals surface area contributed by atoms with E-state index in [1.165, 1.54) is 0 Å². The van der Waals surface area contributed by atoms with Gasteiger partial charge >= 0.3 is 0 Å². The quantitative estimate of drug-likeness (QED) is 0.833. The lowest BCUT2D eigenvalue weighted by atomic mass is 10.2. The average molecular weight is 314 g/mol. The van der Waals surface area contributed by atoms with Gasteiger partial charge in [-0.25, -0.2) is 8.42 Å². The molecule has 2 rings (SSSR count). The van der Waals surface area contributed by atoms with Gasteiger partial charge in [-0.3, -0.25) is 0 Å². The molecular weight excluding hydrogens is 288 g/mol. The second kappa shape index (κ2) is 6.48. The number of hydrogen-bond donors (Lipinski definition) is 1. The van der Waals surface area contributed by atoms with Gasteiger partial charge in [0.05, 0.1) is 0 Å². The van der Waals surface area contributed by atoms with Crippen LogP contribution in [0.3, 0.4) is 0 Å². The number of likely N-dealkylation sites (N-methyl/N-ethyl adjacent to an activating group) is 1. The molecule has 0 amide bonds. The lowest BCUT2D eigenvalue weighted by Crippen LogP contribution is -2.34. The topological polar surface area (TPSA) is 57.6 Å². The minimum atomic E-state index is -3.38. The van der Waals surface area contributed by atoms with E-state index in [-0.39, 0.29) is 0 Å². The molecule has 7 heteroatoms. The Balaban J connectivity index is 2.24. The first kappa shape index (κ1) is 16.5.